The maximum atomic E-state index is 5.57. The smallest absolute Gasteiger partial charge is 0.122 e. The topological polar surface area (TPSA) is 30.5 Å². The predicted octanol–water partition coefficient (Wildman–Crippen LogP) is 3.15. The van der Waals surface area contributed by atoms with Crippen LogP contribution in [0.25, 0.3) is 10.8 Å². The van der Waals surface area contributed by atoms with Crippen LogP contribution in [0.15, 0.2) is 30.3 Å². The fourth-order valence-electron chi connectivity index (χ4n) is 3.05. The lowest BCUT2D eigenvalue weighted by Crippen LogP contribution is -2.24. The first kappa shape index (κ1) is 13.3. The van der Waals surface area contributed by atoms with E-state index in [-0.39, 0.29) is 0 Å². The first-order chi connectivity index (χ1) is 9.81. The minimum Gasteiger partial charge on any atom is -0.497 e. The van der Waals surface area contributed by atoms with Gasteiger partial charge in [-0.1, -0.05) is 12.1 Å². The molecule has 20 heavy (non-hydrogen) atoms. The van der Waals surface area contributed by atoms with E-state index in [4.69, 9.17) is 9.47 Å². The SMILES string of the molecule is COc1ccc2ccc(OC)c(CC3CCCN3)c2c1. The molecule has 0 spiro atoms. The van der Waals surface area contributed by atoms with Gasteiger partial charge in [0.1, 0.15) is 11.5 Å². The molecule has 1 aliphatic heterocycles. The molecule has 3 rings (SSSR count). The lowest BCUT2D eigenvalue weighted by Gasteiger charge is -2.16. The van der Waals surface area contributed by atoms with E-state index < -0.39 is 0 Å². The zero-order valence-corrected chi connectivity index (χ0v) is 12.1. The Balaban J connectivity index is 2.08. The number of rotatable bonds is 4. The van der Waals surface area contributed by atoms with E-state index in [1.165, 1.54) is 29.2 Å². The minimum atomic E-state index is 0.556. The minimum absolute atomic E-state index is 0.556. The highest BCUT2D eigenvalue weighted by atomic mass is 16.5. The van der Waals surface area contributed by atoms with E-state index in [0.717, 1.165) is 24.5 Å². The average molecular weight is 271 g/mol. The maximum Gasteiger partial charge on any atom is 0.122 e. The van der Waals surface area contributed by atoms with Crippen molar-refractivity contribution in [3.05, 3.63) is 35.9 Å². The van der Waals surface area contributed by atoms with Crippen LogP contribution in [-0.2, 0) is 6.42 Å². The van der Waals surface area contributed by atoms with Gasteiger partial charge in [0.2, 0.25) is 0 Å². The van der Waals surface area contributed by atoms with Crippen molar-refractivity contribution in [1.82, 2.24) is 5.32 Å². The molecule has 0 saturated carbocycles. The van der Waals surface area contributed by atoms with Crippen LogP contribution >= 0.6 is 0 Å². The molecule has 0 bridgehead atoms. The summed E-state index contributed by atoms with van der Waals surface area (Å²) < 4.78 is 10.9. The Morgan fingerprint density at radius 1 is 1.15 bits per heavy atom. The second-order valence-electron chi connectivity index (χ2n) is 5.33. The summed E-state index contributed by atoms with van der Waals surface area (Å²) in [6, 6.07) is 11.0. The van der Waals surface area contributed by atoms with Crippen LogP contribution in [-0.4, -0.2) is 26.8 Å². The van der Waals surface area contributed by atoms with Crippen LogP contribution in [0.3, 0.4) is 0 Å². The van der Waals surface area contributed by atoms with Gasteiger partial charge in [0.25, 0.3) is 0 Å². The number of fused-ring (bicyclic) bond motifs is 1. The van der Waals surface area contributed by atoms with Crippen molar-refractivity contribution in [3.8, 4) is 11.5 Å². The Labute approximate surface area is 119 Å². The second-order valence-corrected chi connectivity index (χ2v) is 5.33. The molecule has 3 heteroatoms. The molecule has 0 radical (unpaired) electrons. The lowest BCUT2D eigenvalue weighted by atomic mass is 9.97. The first-order valence-electron chi connectivity index (χ1n) is 7.19. The summed E-state index contributed by atoms with van der Waals surface area (Å²) in [5.41, 5.74) is 1.28. The quantitative estimate of drug-likeness (QED) is 0.926. The average Bonchev–Trinajstić information content (AvgIpc) is 3.00. The Hall–Kier alpha value is -1.74. The van der Waals surface area contributed by atoms with Gasteiger partial charge in [-0.3, -0.25) is 0 Å². The third-order valence-corrected chi connectivity index (χ3v) is 4.13. The molecule has 106 valence electrons. The summed E-state index contributed by atoms with van der Waals surface area (Å²) in [5, 5.41) is 6.03. The van der Waals surface area contributed by atoms with Crippen molar-refractivity contribution in [2.24, 2.45) is 0 Å². The molecule has 0 aliphatic carbocycles. The Morgan fingerprint density at radius 3 is 2.70 bits per heavy atom. The lowest BCUT2D eigenvalue weighted by molar-refractivity contribution is 0.407. The molecule has 0 aromatic heterocycles. The molecule has 1 fully saturated rings. The van der Waals surface area contributed by atoms with Crippen molar-refractivity contribution >= 4 is 10.8 Å². The number of hydrogen-bond donors (Lipinski definition) is 1. The molecule has 1 atom stereocenters. The van der Waals surface area contributed by atoms with E-state index in [9.17, 15) is 0 Å². The van der Waals surface area contributed by atoms with Crippen LogP contribution in [0.4, 0.5) is 0 Å². The van der Waals surface area contributed by atoms with Crippen molar-refractivity contribution in [1.29, 1.82) is 0 Å². The summed E-state index contributed by atoms with van der Waals surface area (Å²) in [6.45, 7) is 1.13. The Morgan fingerprint density at radius 2 is 2.00 bits per heavy atom. The van der Waals surface area contributed by atoms with Gasteiger partial charge < -0.3 is 14.8 Å². The van der Waals surface area contributed by atoms with Gasteiger partial charge in [0.05, 0.1) is 14.2 Å². The summed E-state index contributed by atoms with van der Waals surface area (Å²) in [5.74, 6) is 1.87. The van der Waals surface area contributed by atoms with E-state index in [1.807, 2.05) is 6.07 Å². The summed E-state index contributed by atoms with van der Waals surface area (Å²) in [6.07, 6.45) is 3.51. The molecule has 2 aromatic carbocycles. The Kier molecular flexibility index (Phi) is 3.79. The molecule has 1 unspecified atom stereocenters. The van der Waals surface area contributed by atoms with Crippen LogP contribution in [0.5, 0.6) is 11.5 Å². The summed E-state index contributed by atoms with van der Waals surface area (Å²) in [7, 11) is 3.45. The molecule has 1 aliphatic rings. The Bertz CT molecular complexity index is 598. The highest BCUT2D eigenvalue weighted by Crippen LogP contribution is 2.32. The van der Waals surface area contributed by atoms with Crippen molar-refractivity contribution in [3.63, 3.8) is 0 Å². The highest BCUT2D eigenvalue weighted by molar-refractivity contribution is 5.89. The second kappa shape index (κ2) is 5.71. The monoisotopic (exact) mass is 271 g/mol. The third-order valence-electron chi connectivity index (χ3n) is 4.13. The molecule has 1 N–H and O–H groups in total. The number of hydrogen-bond acceptors (Lipinski definition) is 3. The van der Waals surface area contributed by atoms with Gasteiger partial charge in [-0.15, -0.1) is 0 Å². The molecule has 2 aromatic rings. The van der Waals surface area contributed by atoms with E-state index >= 15 is 0 Å². The van der Waals surface area contributed by atoms with Gasteiger partial charge in [-0.25, -0.2) is 0 Å². The molecule has 1 heterocycles. The van der Waals surface area contributed by atoms with Gasteiger partial charge in [-0.05, 0) is 54.8 Å². The molecule has 3 nitrogen and oxygen atoms in total. The van der Waals surface area contributed by atoms with Crippen LogP contribution in [0.1, 0.15) is 18.4 Å². The fraction of sp³-hybridized carbons (Fsp3) is 0.412. The molecule has 0 amide bonds. The number of ether oxygens (including phenoxy) is 2. The highest BCUT2D eigenvalue weighted by Gasteiger charge is 2.18. The van der Waals surface area contributed by atoms with Crippen LogP contribution < -0.4 is 14.8 Å². The predicted molar refractivity (Wildman–Crippen MR) is 81.8 cm³/mol. The van der Waals surface area contributed by atoms with Crippen molar-refractivity contribution in [2.75, 3.05) is 20.8 Å². The van der Waals surface area contributed by atoms with Crippen molar-refractivity contribution in [2.45, 2.75) is 25.3 Å². The van der Waals surface area contributed by atoms with Gasteiger partial charge in [0, 0.05) is 11.6 Å². The largest absolute Gasteiger partial charge is 0.497 e. The summed E-state index contributed by atoms with van der Waals surface area (Å²) in [4.78, 5) is 0. The van der Waals surface area contributed by atoms with Gasteiger partial charge in [0.15, 0.2) is 0 Å². The standard InChI is InChI=1S/C17H21NO2/c1-19-14-7-5-12-6-8-17(20-2)16(15(12)11-14)10-13-4-3-9-18-13/h5-8,11,13,18H,3-4,9-10H2,1-2H3. The third kappa shape index (κ3) is 2.46. The number of benzene rings is 2. The fourth-order valence-corrected chi connectivity index (χ4v) is 3.05. The van der Waals surface area contributed by atoms with Crippen molar-refractivity contribution < 1.29 is 9.47 Å². The molecule has 1 saturated heterocycles. The molecular formula is C17H21NO2. The van der Waals surface area contributed by atoms with E-state index in [2.05, 4.69) is 29.6 Å². The zero-order valence-electron chi connectivity index (χ0n) is 12.1. The van der Waals surface area contributed by atoms with E-state index in [0.29, 0.717) is 6.04 Å². The van der Waals surface area contributed by atoms with Gasteiger partial charge >= 0.3 is 0 Å². The number of nitrogens with one attached hydrogen (secondary N) is 1. The van der Waals surface area contributed by atoms with Crippen LogP contribution in [0, 0.1) is 0 Å². The van der Waals surface area contributed by atoms with Gasteiger partial charge in [-0.2, -0.15) is 0 Å². The van der Waals surface area contributed by atoms with E-state index in [1.54, 1.807) is 14.2 Å². The maximum absolute atomic E-state index is 5.57. The number of methoxy groups -OCH3 is 2. The summed E-state index contributed by atoms with van der Waals surface area (Å²) >= 11 is 0. The molecular weight excluding hydrogens is 250 g/mol. The zero-order chi connectivity index (χ0) is 13.9. The first-order valence-corrected chi connectivity index (χ1v) is 7.19. The normalized spacial score (nSPS) is 18.4. The van der Waals surface area contributed by atoms with Crippen LogP contribution in [0.2, 0.25) is 0 Å².